The highest BCUT2D eigenvalue weighted by Crippen LogP contribution is 2.50. The summed E-state index contributed by atoms with van der Waals surface area (Å²) in [6.45, 7) is 28.0. The van der Waals surface area contributed by atoms with Gasteiger partial charge < -0.3 is 14.5 Å². The van der Waals surface area contributed by atoms with E-state index in [2.05, 4.69) is 237 Å². The lowest BCUT2D eigenvalue weighted by Crippen LogP contribution is -2.25. The first kappa shape index (κ1) is 42.0. The molecule has 2 aromatic heterocycles. The lowest BCUT2D eigenvalue weighted by atomic mass is 9.81. The minimum atomic E-state index is -0.126. The number of aromatic nitrogens is 2. The summed E-state index contributed by atoms with van der Waals surface area (Å²) in [6.07, 6.45) is 1.94. The summed E-state index contributed by atoms with van der Waals surface area (Å²) in [7, 11) is 0. The molecule has 0 saturated carbocycles. The van der Waals surface area contributed by atoms with Gasteiger partial charge in [0.2, 0.25) is 0 Å². The average molecular weight is 831 g/mol. The topological polar surface area (TPSA) is 33.5 Å². The molecule has 1 aliphatic rings. The molecule has 1 aliphatic heterocycles. The quantitative estimate of drug-likeness (QED) is 0.167. The first-order chi connectivity index (χ1) is 29.8. The highest BCUT2D eigenvalue weighted by atomic mass is 16.5. The molecule has 0 amide bonds. The Morgan fingerprint density at radius 2 is 1.11 bits per heavy atom. The Balaban J connectivity index is 1.16. The maximum Gasteiger partial charge on any atom is 0.137 e. The Labute approximate surface area is 375 Å². The highest BCUT2D eigenvalue weighted by molar-refractivity contribution is 6.10. The Bertz CT molecular complexity index is 3000. The van der Waals surface area contributed by atoms with Gasteiger partial charge in [0.15, 0.2) is 0 Å². The van der Waals surface area contributed by atoms with Gasteiger partial charge >= 0.3 is 0 Å². The smallest absolute Gasteiger partial charge is 0.137 e. The highest BCUT2D eigenvalue weighted by Gasteiger charge is 2.33. The maximum atomic E-state index is 7.02. The molecule has 3 heterocycles. The monoisotopic (exact) mass is 830 g/mol. The molecule has 5 heteroatoms. The fraction of sp³-hybridized carbons (Fsp3) is 0.293. The van der Waals surface area contributed by atoms with Gasteiger partial charge in [0, 0.05) is 40.4 Å². The fourth-order valence-corrected chi connectivity index (χ4v) is 9.09. The third-order valence-electron chi connectivity index (χ3n) is 12.7. The van der Waals surface area contributed by atoms with Gasteiger partial charge in [0.05, 0.1) is 28.1 Å². The van der Waals surface area contributed by atoms with Crippen LogP contribution in [0, 0.1) is 0 Å². The number of pyridine rings is 1. The third kappa shape index (κ3) is 7.88. The number of hydrogen-bond acceptors (Lipinski definition) is 4. The number of nitrogens with zero attached hydrogens (tertiary/aromatic N) is 4. The van der Waals surface area contributed by atoms with E-state index in [0.29, 0.717) is 6.67 Å². The summed E-state index contributed by atoms with van der Waals surface area (Å²) < 4.78 is 9.33. The van der Waals surface area contributed by atoms with E-state index in [-0.39, 0.29) is 21.7 Å². The van der Waals surface area contributed by atoms with Crippen LogP contribution in [0.5, 0.6) is 11.5 Å². The zero-order valence-corrected chi connectivity index (χ0v) is 39.3. The lowest BCUT2D eigenvalue weighted by molar-refractivity contribution is 0.479. The predicted molar refractivity (Wildman–Crippen MR) is 267 cm³/mol. The summed E-state index contributed by atoms with van der Waals surface area (Å²) >= 11 is 0. The lowest BCUT2D eigenvalue weighted by Gasteiger charge is -2.30. The number of ether oxygens (including phenoxy) is 1. The Hall–Kier alpha value is -6.33. The summed E-state index contributed by atoms with van der Waals surface area (Å²) in [5.41, 5.74) is 14.2. The second kappa shape index (κ2) is 15.2. The fourth-order valence-electron chi connectivity index (χ4n) is 9.09. The number of rotatable bonds is 6. The number of fused-ring (bicyclic) bond motifs is 4. The van der Waals surface area contributed by atoms with Crippen molar-refractivity contribution in [2.24, 2.45) is 0 Å². The van der Waals surface area contributed by atoms with Crippen molar-refractivity contribution in [1.82, 2.24) is 9.55 Å². The molecular weight excluding hydrogens is 769 g/mol. The van der Waals surface area contributed by atoms with E-state index in [9.17, 15) is 0 Å². The van der Waals surface area contributed by atoms with Gasteiger partial charge in [-0.1, -0.05) is 144 Å². The largest absolute Gasteiger partial charge is 0.457 e. The van der Waals surface area contributed by atoms with Gasteiger partial charge in [0.25, 0.3) is 0 Å². The minimum absolute atomic E-state index is 0.0133. The second-order valence-corrected chi connectivity index (χ2v) is 21.5. The van der Waals surface area contributed by atoms with E-state index in [4.69, 9.17) is 9.72 Å². The molecule has 0 saturated heterocycles. The molecule has 8 aromatic rings. The Morgan fingerprint density at radius 3 is 1.79 bits per heavy atom. The number of para-hydroxylation sites is 2. The molecule has 0 aliphatic carbocycles. The van der Waals surface area contributed by atoms with E-state index in [1.165, 1.54) is 61.2 Å². The van der Waals surface area contributed by atoms with E-state index in [1.807, 2.05) is 6.20 Å². The zero-order chi connectivity index (χ0) is 44.6. The summed E-state index contributed by atoms with van der Waals surface area (Å²) in [4.78, 5) is 9.90. The van der Waals surface area contributed by atoms with Crippen molar-refractivity contribution in [2.75, 3.05) is 16.5 Å². The van der Waals surface area contributed by atoms with Crippen LogP contribution >= 0.6 is 0 Å². The third-order valence-corrected chi connectivity index (χ3v) is 12.7. The van der Waals surface area contributed by atoms with Crippen molar-refractivity contribution in [3.05, 3.63) is 168 Å². The molecule has 6 aromatic carbocycles. The van der Waals surface area contributed by atoms with Gasteiger partial charge in [-0.25, -0.2) is 4.98 Å². The molecule has 9 rings (SSSR count). The number of benzene rings is 6. The van der Waals surface area contributed by atoms with Gasteiger partial charge in [-0.2, -0.15) is 0 Å². The number of anilines is 4. The molecule has 5 nitrogen and oxygen atoms in total. The van der Waals surface area contributed by atoms with Crippen molar-refractivity contribution in [2.45, 2.75) is 105 Å². The van der Waals surface area contributed by atoms with E-state index < -0.39 is 0 Å². The number of hydrogen-bond donors (Lipinski definition) is 0. The normalized spacial score (nSPS) is 13.6. The molecule has 0 fully saturated rings. The molecular formula is C58H62N4O. The zero-order valence-electron chi connectivity index (χ0n) is 39.3. The standard InChI is InChI=1S/C58H62N4O/c1-55(2,3)39-25-28-48-46(33-39)45-27-26-43(36-52(45)62(48)53-34-40(29-30-59-53)56(4,5)6)63-44-32-41(57(7,8)9)31-42(35-44)60-37-61(50-23-17-16-22-49(50)60)51-24-18-21-47(58(10,11)12)54(51)38-19-14-13-15-20-38/h13-36H,37H2,1-12H3. The summed E-state index contributed by atoms with van der Waals surface area (Å²) in [5, 5.41) is 2.39. The van der Waals surface area contributed by atoms with Crippen LogP contribution in [0.4, 0.5) is 22.7 Å². The molecule has 0 N–H and O–H groups in total. The van der Waals surface area contributed by atoms with Gasteiger partial charge in [-0.05, 0) is 116 Å². The molecule has 0 radical (unpaired) electrons. The van der Waals surface area contributed by atoms with Gasteiger partial charge in [-0.15, -0.1) is 0 Å². The Morgan fingerprint density at radius 1 is 0.460 bits per heavy atom. The predicted octanol–water partition coefficient (Wildman–Crippen LogP) is 16.1. The first-order valence-electron chi connectivity index (χ1n) is 22.5. The van der Waals surface area contributed by atoms with Crippen molar-refractivity contribution in [3.8, 4) is 28.4 Å². The summed E-state index contributed by atoms with van der Waals surface area (Å²) in [6, 6.07) is 51.0. The van der Waals surface area contributed by atoms with Crippen LogP contribution in [0.15, 0.2) is 146 Å². The Kier molecular flexibility index (Phi) is 10.1. The molecule has 320 valence electrons. The second-order valence-electron chi connectivity index (χ2n) is 21.5. The molecule has 0 spiro atoms. The van der Waals surface area contributed by atoms with Crippen LogP contribution in [-0.4, -0.2) is 16.2 Å². The molecule has 0 unspecified atom stereocenters. The molecule has 63 heavy (non-hydrogen) atoms. The van der Waals surface area contributed by atoms with Gasteiger partial charge in [0.1, 0.15) is 24.0 Å². The SMILES string of the molecule is CC(C)(C)c1cc(Oc2ccc3c4cc(C(C)(C)C)ccc4n(-c4cc(C(C)(C)C)ccn4)c3c2)cc(N2CN(c3cccc(C(C)(C)C)c3-c3ccccc3)c3ccccc32)c1. The van der Waals surface area contributed by atoms with Crippen LogP contribution in [0.2, 0.25) is 0 Å². The van der Waals surface area contributed by atoms with Crippen molar-refractivity contribution >= 4 is 44.6 Å². The molecule has 0 atom stereocenters. The van der Waals surface area contributed by atoms with E-state index in [1.54, 1.807) is 0 Å². The van der Waals surface area contributed by atoms with Gasteiger partial charge in [-0.3, -0.25) is 4.57 Å². The van der Waals surface area contributed by atoms with Crippen LogP contribution < -0.4 is 14.5 Å². The molecule has 0 bridgehead atoms. The van der Waals surface area contributed by atoms with Crippen LogP contribution in [-0.2, 0) is 21.7 Å². The maximum absolute atomic E-state index is 7.02. The van der Waals surface area contributed by atoms with Crippen LogP contribution in [0.3, 0.4) is 0 Å². The minimum Gasteiger partial charge on any atom is -0.457 e. The summed E-state index contributed by atoms with van der Waals surface area (Å²) in [5.74, 6) is 2.49. The van der Waals surface area contributed by atoms with Crippen LogP contribution in [0.1, 0.15) is 105 Å². The first-order valence-corrected chi connectivity index (χ1v) is 22.5. The van der Waals surface area contributed by atoms with Crippen molar-refractivity contribution in [1.29, 1.82) is 0 Å². The average Bonchev–Trinajstić information content (AvgIpc) is 3.78. The van der Waals surface area contributed by atoms with Crippen molar-refractivity contribution < 1.29 is 4.74 Å². The van der Waals surface area contributed by atoms with E-state index in [0.717, 1.165) is 34.0 Å². The van der Waals surface area contributed by atoms with Crippen LogP contribution in [0.25, 0.3) is 38.8 Å². The van der Waals surface area contributed by atoms with Crippen molar-refractivity contribution in [3.63, 3.8) is 0 Å². The van der Waals surface area contributed by atoms with E-state index >= 15 is 0 Å².